The van der Waals surface area contributed by atoms with Gasteiger partial charge < -0.3 is 20.8 Å². The molecule has 0 heterocycles. The molecule has 0 unspecified atom stereocenters. The Hall–Kier alpha value is -2.69. The standard InChI is InChI=1S/C13H12N2O3/c16-11-5-1-9(2-6-11)14-13(18)15-10-3-7-12(17)8-4-10/h1-8,16-17H,(H2,14,15,18). The van der Waals surface area contributed by atoms with E-state index in [1.165, 1.54) is 24.3 Å². The van der Waals surface area contributed by atoms with E-state index >= 15 is 0 Å². The molecule has 2 amide bonds. The molecule has 0 saturated carbocycles. The van der Waals surface area contributed by atoms with Gasteiger partial charge in [0, 0.05) is 11.4 Å². The molecule has 2 aromatic rings. The normalized spacial score (nSPS) is 9.78. The predicted octanol–water partition coefficient (Wildman–Crippen LogP) is 2.74. The van der Waals surface area contributed by atoms with E-state index in [-0.39, 0.29) is 11.5 Å². The number of carbonyl (C=O) groups is 1. The summed E-state index contributed by atoms with van der Waals surface area (Å²) in [5, 5.41) is 23.4. The molecule has 0 aromatic heterocycles. The van der Waals surface area contributed by atoms with Crippen LogP contribution in [0.4, 0.5) is 16.2 Å². The summed E-state index contributed by atoms with van der Waals surface area (Å²) in [6.07, 6.45) is 0. The molecule has 0 spiro atoms. The average Bonchev–Trinajstić information content (AvgIpc) is 2.35. The molecule has 0 atom stereocenters. The van der Waals surface area contributed by atoms with Gasteiger partial charge in [-0.15, -0.1) is 0 Å². The van der Waals surface area contributed by atoms with E-state index in [1.54, 1.807) is 24.3 Å². The highest BCUT2D eigenvalue weighted by molar-refractivity contribution is 5.99. The first-order chi connectivity index (χ1) is 8.63. The maximum atomic E-state index is 11.6. The van der Waals surface area contributed by atoms with Crippen molar-refractivity contribution >= 4 is 17.4 Å². The van der Waals surface area contributed by atoms with E-state index in [2.05, 4.69) is 10.6 Å². The van der Waals surface area contributed by atoms with Gasteiger partial charge in [0.15, 0.2) is 0 Å². The van der Waals surface area contributed by atoms with Crippen molar-refractivity contribution in [2.45, 2.75) is 0 Å². The molecule has 0 aliphatic heterocycles. The number of hydrogen-bond donors (Lipinski definition) is 4. The average molecular weight is 244 g/mol. The summed E-state index contributed by atoms with van der Waals surface area (Å²) in [7, 11) is 0. The number of phenolic OH excluding ortho intramolecular Hbond substituents is 2. The van der Waals surface area contributed by atoms with Crippen molar-refractivity contribution in [2.75, 3.05) is 10.6 Å². The van der Waals surface area contributed by atoms with Crippen LogP contribution in [0.25, 0.3) is 0 Å². The third-order valence-electron chi connectivity index (χ3n) is 2.25. The van der Waals surface area contributed by atoms with Gasteiger partial charge >= 0.3 is 6.03 Å². The summed E-state index contributed by atoms with van der Waals surface area (Å²) in [5.41, 5.74) is 1.15. The number of nitrogens with one attached hydrogen (secondary N) is 2. The minimum atomic E-state index is -0.397. The number of amides is 2. The number of hydrogen-bond acceptors (Lipinski definition) is 3. The number of carbonyl (C=O) groups excluding carboxylic acids is 1. The summed E-state index contributed by atoms with van der Waals surface area (Å²) in [6.45, 7) is 0. The Bertz CT molecular complexity index is 486. The lowest BCUT2D eigenvalue weighted by Gasteiger charge is -2.07. The van der Waals surface area contributed by atoms with Gasteiger partial charge in [0.1, 0.15) is 11.5 Å². The second-order valence-corrected chi connectivity index (χ2v) is 3.67. The zero-order valence-corrected chi connectivity index (χ0v) is 9.42. The van der Waals surface area contributed by atoms with Crippen molar-refractivity contribution in [1.82, 2.24) is 0 Å². The maximum absolute atomic E-state index is 11.6. The predicted molar refractivity (Wildman–Crippen MR) is 68.9 cm³/mol. The lowest BCUT2D eigenvalue weighted by molar-refractivity contribution is 0.262. The molecular formula is C13H12N2O3. The molecule has 5 heteroatoms. The first-order valence-electron chi connectivity index (χ1n) is 5.29. The Kier molecular flexibility index (Phi) is 3.33. The maximum Gasteiger partial charge on any atom is 0.323 e. The van der Waals surface area contributed by atoms with E-state index in [9.17, 15) is 4.79 Å². The molecule has 5 nitrogen and oxygen atoms in total. The number of phenols is 2. The van der Waals surface area contributed by atoms with E-state index in [4.69, 9.17) is 10.2 Å². The lowest BCUT2D eigenvalue weighted by Crippen LogP contribution is -2.19. The molecule has 2 aromatic carbocycles. The Labute approximate surface area is 104 Å². The minimum absolute atomic E-state index is 0.138. The number of aromatic hydroxyl groups is 2. The fourth-order valence-corrected chi connectivity index (χ4v) is 1.38. The first-order valence-corrected chi connectivity index (χ1v) is 5.29. The van der Waals surface area contributed by atoms with E-state index in [1.807, 2.05) is 0 Å². The SMILES string of the molecule is O=C(Nc1ccc(O)cc1)Nc1ccc(O)cc1. The number of rotatable bonds is 2. The van der Waals surface area contributed by atoms with E-state index in [0.29, 0.717) is 11.4 Å². The van der Waals surface area contributed by atoms with Crippen LogP contribution >= 0.6 is 0 Å². The molecule has 0 radical (unpaired) electrons. The van der Waals surface area contributed by atoms with Crippen LogP contribution in [0.2, 0.25) is 0 Å². The zero-order chi connectivity index (χ0) is 13.0. The highest BCUT2D eigenvalue weighted by atomic mass is 16.3. The van der Waals surface area contributed by atoms with Crippen LogP contribution in [0.1, 0.15) is 0 Å². The minimum Gasteiger partial charge on any atom is -0.508 e. The zero-order valence-electron chi connectivity index (χ0n) is 9.42. The summed E-state index contributed by atoms with van der Waals surface area (Å²) in [6, 6.07) is 11.9. The number of benzene rings is 2. The van der Waals surface area contributed by atoms with Crippen molar-refractivity contribution in [2.24, 2.45) is 0 Å². The summed E-state index contributed by atoms with van der Waals surface area (Å²) < 4.78 is 0. The Balaban J connectivity index is 1.96. The van der Waals surface area contributed by atoms with Crippen LogP contribution in [0.3, 0.4) is 0 Å². The smallest absolute Gasteiger partial charge is 0.323 e. The van der Waals surface area contributed by atoms with Gasteiger partial charge in [-0.25, -0.2) is 4.79 Å². The molecule has 0 aliphatic carbocycles. The van der Waals surface area contributed by atoms with Gasteiger partial charge in [0.25, 0.3) is 0 Å². The Morgan fingerprint density at radius 1 is 0.722 bits per heavy atom. The molecule has 0 bridgehead atoms. The fraction of sp³-hybridized carbons (Fsp3) is 0. The topological polar surface area (TPSA) is 81.6 Å². The monoisotopic (exact) mass is 244 g/mol. The van der Waals surface area contributed by atoms with E-state index < -0.39 is 6.03 Å². The van der Waals surface area contributed by atoms with Crippen molar-refractivity contribution in [3.8, 4) is 11.5 Å². The Morgan fingerprint density at radius 3 is 1.39 bits per heavy atom. The van der Waals surface area contributed by atoms with Gasteiger partial charge in [-0.3, -0.25) is 0 Å². The summed E-state index contributed by atoms with van der Waals surface area (Å²) in [5.74, 6) is 0.277. The fourth-order valence-electron chi connectivity index (χ4n) is 1.38. The van der Waals surface area contributed by atoms with Gasteiger partial charge in [-0.1, -0.05) is 0 Å². The third-order valence-corrected chi connectivity index (χ3v) is 2.25. The van der Waals surface area contributed by atoms with Crippen molar-refractivity contribution in [3.05, 3.63) is 48.5 Å². The molecule has 4 N–H and O–H groups in total. The molecule has 0 saturated heterocycles. The van der Waals surface area contributed by atoms with Crippen LogP contribution < -0.4 is 10.6 Å². The van der Waals surface area contributed by atoms with Crippen LogP contribution in [0, 0.1) is 0 Å². The van der Waals surface area contributed by atoms with Crippen molar-refractivity contribution in [3.63, 3.8) is 0 Å². The quantitative estimate of drug-likeness (QED) is 0.613. The molecule has 2 rings (SSSR count). The second kappa shape index (κ2) is 5.09. The highest BCUT2D eigenvalue weighted by Gasteiger charge is 2.02. The van der Waals surface area contributed by atoms with Crippen molar-refractivity contribution < 1.29 is 15.0 Å². The van der Waals surface area contributed by atoms with Gasteiger partial charge in [-0.05, 0) is 48.5 Å². The lowest BCUT2D eigenvalue weighted by atomic mass is 10.3. The van der Waals surface area contributed by atoms with Crippen molar-refractivity contribution in [1.29, 1.82) is 0 Å². The van der Waals surface area contributed by atoms with Gasteiger partial charge in [-0.2, -0.15) is 0 Å². The van der Waals surface area contributed by atoms with Crippen LogP contribution in [-0.4, -0.2) is 16.2 Å². The number of urea groups is 1. The molecular weight excluding hydrogens is 232 g/mol. The van der Waals surface area contributed by atoms with Crippen LogP contribution in [0.5, 0.6) is 11.5 Å². The summed E-state index contributed by atoms with van der Waals surface area (Å²) in [4.78, 5) is 11.6. The van der Waals surface area contributed by atoms with Gasteiger partial charge in [0.05, 0.1) is 0 Å². The van der Waals surface area contributed by atoms with Gasteiger partial charge in [0.2, 0.25) is 0 Å². The summed E-state index contributed by atoms with van der Waals surface area (Å²) >= 11 is 0. The van der Waals surface area contributed by atoms with Crippen LogP contribution in [-0.2, 0) is 0 Å². The molecule has 0 fully saturated rings. The molecule has 92 valence electrons. The highest BCUT2D eigenvalue weighted by Crippen LogP contribution is 2.16. The molecule has 0 aliphatic rings. The first kappa shape index (κ1) is 11.8. The second-order valence-electron chi connectivity index (χ2n) is 3.67. The van der Waals surface area contributed by atoms with E-state index in [0.717, 1.165) is 0 Å². The number of anilines is 2. The largest absolute Gasteiger partial charge is 0.508 e. The Morgan fingerprint density at radius 2 is 1.06 bits per heavy atom. The van der Waals surface area contributed by atoms with Crippen LogP contribution in [0.15, 0.2) is 48.5 Å². The molecule has 18 heavy (non-hydrogen) atoms. The third kappa shape index (κ3) is 3.15.